The number of hydrogen-bond donors (Lipinski definition) is 0. The minimum atomic E-state index is 0.250. The first-order chi connectivity index (χ1) is 9.16. The highest BCUT2D eigenvalue weighted by Gasteiger charge is 2.21. The van der Waals surface area contributed by atoms with Crippen LogP contribution in [0.15, 0.2) is 33.6 Å². The third-order valence-corrected chi connectivity index (χ3v) is 5.22. The van der Waals surface area contributed by atoms with Crippen LogP contribution < -0.4 is 0 Å². The van der Waals surface area contributed by atoms with Crippen molar-refractivity contribution in [1.82, 2.24) is 4.90 Å². The summed E-state index contributed by atoms with van der Waals surface area (Å²) in [4.78, 5) is 15.3. The Morgan fingerprint density at radius 2 is 1.89 bits per heavy atom. The van der Waals surface area contributed by atoms with Gasteiger partial charge in [-0.15, -0.1) is 11.8 Å². The molecule has 0 unspecified atom stereocenters. The van der Waals surface area contributed by atoms with Crippen molar-refractivity contribution in [3.05, 3.63) is 28.7 Å². The molecule has 1 amide bonds. The van der Waals surface area contributed by atoms with E-state index in [1.165, 1.54) is 32.1 Å². The van der Waals surface area contributed by atoms with Crippen molar-refractivity contribution in [2.24, 2.45) is 0 Å². The Morgan fingerprint density at radius 3 is 2.53 bits per heavy atom. The van der Waals surface area contributed by atoms with Crippen LogP contribution in [0.5, 0.6) is 0 Å². The maximum atomic E-state index is 12.2. The summed E-state index contributed by atoms with van der Waals surface area (Å²) in [6.07, 6.45) is 6.20. The van der Waals surface area contributed by atoms with E-state index in [1.807, 2.05) is 36.2 Å². The van der Waals surface area contributed by atoms with Gasteiger partial charge < -0.3 is 4.90 Å². The summed E-state index contributed by atoms with van der Waals surface area (Å²) in [5.74, 6) is 0.786. The summed E-state index contributed by atoms with van der Waals surface area (Å²) >= 11 is 5.03. The zero-order valence-electron chi connectivity index (χ0n) is 11.3. The molecule has 1 fully saturated rings. The normalized spacial score (nSPS) is 16.3. The van der Waals surface area contributed by atoms with Crippen LogP contribution in [0, 0.1) is 0 Å². The first kappa shape index (κ1) is 14.9. The molecule has 104 valence electrons. The maximum absolute atomic E-state index is 12.2. The molecule has 0 N–H and O–H groups in total. The van der Waals surface area contributed by atoms with Gasteiger partial charge in [-0.2, -0.15) is 0 Å². The average molecular weight is 342 g/mol. The number of hydrogen-bond acceptors (Lipinski definition) is 2. The number of thioether (sulfide) groups is 1. The second-order valence-electron chi connectivity index (χ2n) is 5.04. The highest BCUT2D eigenvalue weighted by Crippen LogP contribution is 2.24. The van der Waals surface area contributed by atoms with Gasteiger partial charge >= 0.3 is 0 Å². The standard InChI is InChI=1S/C15H20BrNOS/c1-17(13-5-3-2-4-6-13)15(18)11-19-14-9-7-12(16)8-10-14/h7-10,13H,2-6,11H2,1H3. The molecule has 0 atom stereocenters. The van der Waals surface area contributed by atoms with Crippen molar-refractivity contribution in [1.29, 1.82) is 0 Å². The first-order valence-corrected chi connectivity index (χ1v) is 8.58. The second-order valence-corrected chi connectivity index (χ2v) is 7.00. The van der Waals surface area contributed by atoms with Gasteiger partial charge in [-0.05, 0) is 37.1 Å². The number of carbonyl (C=O) groups excluding carboxylic acids is 1. The lowest BCUT2D eigenvalue weighted by Crippen LogP contribution is -2.39. The summed E-state index contributed by atoms with van der Waals surface area (Å²) in [7, 11) is 1.96. The van der Waals surface area contributed by atoms with Crippen LogP contribution in [-0.2, 0) is 4.79 Å². The third kappa shape index (κ3) is 4.53. The zero-order valence-corrected chi connectivity index (χ0v) is 13.7. The smallest absolute Gasteiger partial charge is 0.232 e. The highest BCUT2D eigenvalue weighted by molar-refractivity contribution is 9.10. The summed E-state index contributed by atoms with van der Waals surface area (Å²) in [5, 5.41) is 0. The van der Waals surface area contributed by atoms with E-state index in [1.54, 1.807) is 11.8 Å². The molecule has 0 radical (unpaired) electrons. The van der Waals surface area contributed by atoms with Gasteiger partial charge in [0.05, 0.1) is 5.75 Å². The fourth-order valence-electron chi connectivity index (χ4n) is 2.45. The number of nitrogens with zero attached hydrogens (tertiary/aromatic N) is 1. The second kappa shape index (κ2) is 7.34. The molecule has 1 saturated carbocycles. The summed E-state index contributed by atoms with van der Waals surface area (Å²) in [6, 6.07) is 8.58. The fraction of sp³-hybridized carbons (Fsp3) is 0.533. The average Bonchev–Trinajstić information content (AvgIpc) is 2.46. The molecule has 4 heteroatoms. The van der Waals surface area contributed by atoms with Crippen LogP contribution >= 0.6 is 27.7 Å². The molecule has 0 aromatic heterocycles. The lowest BCUT2D eigenvalue weighted by Gasteiger charge is -2.31. The largest absolute Gasteiger partial charge is 0.342 e. The number of halogens is 1. The van der Waals surface area contributed by atoms with Crippen molar-refractivity contribution in [3.63, 3.8) is 0 Å². The maximum Gasteiger partial charge on any atom is 0.232 e. The van der Waals surface area contributed by atoms with Crippen LogP contribution in [0.1, 0.15) is 32.1 Å². The van der Waals surface area contributed by atoms with Gasteiger partial charge in [0.15, 0.2) is 0 Å². The van der Waals surface area contributed by atoms with Crippen molar-refractivity contribution in [2.45, 2.75) is 43.0 Å². The number of rotatable bonds is 4. The molecule has 0 aliphatic heterocycles. The number of carbonyl (C=O) groups is 1. The lowest BCUT2D eigenvalue weighted by atomic mass is 9.94. The molecule has 1 aliphatic rings. The van der Waals surface area contributed by atoms with E-state index < -0.39 is 0 Å². The highest BCUT2D eigenvalue weighted by atomic mass is 79.9. The Kier molecular flexibility index (Phi) is 5.76. The number of amides is 1. The van der Waals surface area contributed by atoms with E-state index in [9.17, 15) is 4.79 Å². The van der Waals surface area contributed by atoms with Gasteiger partial charge in [0, 0.05) is 22.5 Å². The Balaban J connectivity index is 1.81. The van der Waals surface area contributed by atoms with Crippen molar-refractivity contribution in [3.8, 4) is 0 Å². The molecule has 0 bridgehead atoms. The van der Waals surface area contributed by atoms with E-state index in [-0.39, 0.29) is 5.91 Å². The Morgan fingerprint density at radius 1 is 1.26 bits per heavy atom. The van der Waals surface area contributed by atoms with Crippen LogP contribution in [0.2, 0.25) is 0 Å². The molecule has 19 heavy (non-hydrogen) atoms. The summed E-state index contributed by atoms with van der Waals surface area (Å²) in [6.45, 7) is 0. The van der Waals surface area contributed by atoms with Gasteiger partial charge in [-0.1, -0.05) is 35.2 Å². The first-order valence-electron chi connectivity index (χ1n) is 6.81. The summed E-state index contributed by atoms with van der Waals surface area (Å²) in [5.41, 5.74) is 0. The topological polar surface area (TPSA) is 20.3 Å². The third-order valence-electron chi connectivity index (χ3n) is 3.69. The van der Waals surface area contributed by atoms with Crippen LogP contribution in [0.4, 0.5) is 0 Å². The SMILES string of the molecule is CN(C(=O)CSc1ccc(Br)cc1)C1CCCCC1. The van der Waals surface area contributed by atoms with Crippen molar-refractivity contribution >= 4 is 33.6 Å². The molecular formula is C15H20BrNOS. The molecule has 1 aromatic carbocycles. The molecule has 0 saturated heterocycles. The predicted molar refractivity (Wildman–Crippen MR) is 84.5 cm³/mol. The molecule has 1 aromatic rings. The Hall–Kier alpha value is -0.480. The molecular weight excluding hydrogens is 322 g/mol. The van der Waals surface area contributed by atoms with Gasteiger partial charge in [-0.25, -0.2) is 0 Å². The van der Waals surface area contributed by atoms with E-state index in [2.05, 4.69) is 15.9 Å². The fourth-order valence-corrected chi connectivity index (χ4v) is 3.54. The Labute approximate surface area is 128 Å². The minimum Gasteiger partial charge on any atom is -0.342 e. The Bertz CT molecular complexity index is 415. The zero-order chi connectivity index (χ0) is 13.7. The van der Waals surface area contributed by atoms with E-state index in [0.29, 0.717) is 11.8 Å². The molecule has 0 spiro atoms. The van der Waals surface area contributed by atoms with E-state index in [4.69, 9.17) is 0 Å². The van der Waals surface area contributed by atoms with Crippen LogP contribution in [0.3, 0.4) is 0 Å². The van der Waals surface area contributed by atoms with Gasteiger partial charge in [0.25, 0.3) is 0 Å². The monoisotopic (exact) mass is 341 g/mol. The molecule has 1 aliphatic carbocycles. The molecule has 0 heterocycles. The quantitative estimate of drug-likeness (QED) is 0.759. The summed E-state index contributed by atoms with van der Waals surface area (Å²) < 4.78 is 1.07. The van der Waals surface area contributed by atoms with E-state index >= 15 is 0 Å². The number of benzene rings is 1. The van der Waals surface area contributed by atoms with Crippen molar-refractivity contribution < 1.29 is 4.79 Å². The predicted octanol–water partition coefficient (Wildman–Crippen LogP) is 4.33. The molecule has 2 nitrogen and oxygen atoms in total. The lowest BCUT2D eigenvalue weighted by molar-refractivity contribution is -0.129. The van der Waals surface area contributed by atoms with Crippen LogP contribution in [0.25, 0.3) is 0 Å². The van der Waals surface area contributed by atoms with Crippen LogP contribution in [-0.4, -0.2) is 29.6 Å². The van der Waals surface area contributed by atoms with Gasteiger partial charge in [0.2, 0.25) is 5.91 Å². The van der Waals surface area contributed by atoms with Gasteiger partial charge in [0.1, 0.15) is 0 Å². The minimum absolute atomic E-state index is 0.250. The van der Waals surface area contributed by atoms with E-state index in [0.717, 1.165) is 9.37 Å². The molecule has 2 rings (SSSR count). The van der Waals surface area contributed by atoms with Crippen molar-refractivity contribution in [2.75, 3.05) is 12.8 Å². The van der Waals surface area contributed by atoms with Gasteiger partial charge in [-0.3, -0.25) is 4.79 Å².